The van der Waals surface area contributed by atoms with Crippen molar-refractivity contribution in [2.24, 2.45) is 0 Å². The molecule has 30 heavy (non-hydrogen) atoms. The first-order valence-electron chi connectivity index (χ1n) is 10.1. The van der Waals surface area contributed by atoms with Crippen molar-refractivity contribution in [3.63, 3.8) is 0 Å². The minimum absolute atomic E-state index is 0.0135. The molecule has 0 saturated carbocycles. The molecule has 7 nitrogen and oxygen atoms in total. The smallest absolute Gasteiger partial charge is 0.259 e. The predicted molar refractivity (Wildman–Crippen MR) is 117 cm³/mol. The van der Waals surface area contributed by atoms with E-state index >= 15 is 0 Å². The van der Waals surface area contributed by atoms with Gasteiger partial charge in [0, 0.05) is 26.3 Å². The van der Waals surface area contributed by atoms with Gasteiger partial charge in [0.25, 0.3) is 11.5 Å². The number of nitrogens with zero attached hydrogens (tertiary/aromatic N) is 4. The van der Waals surface area contributed by atoms with Crippen LogP contribution in [-0.2, 0) is 0 Å². The van der Waals surface area contributed by atoms with E-state index in [1.807, 2.05) is 43.3 Å². The van der Waals surface area contributed by atoms with Gasteiger partial charge in [0.1, 0.15) is 11.2 Å². The van der Waals surface area contributed by atoms with Gasteiger partial charge in [0.2, 0.25) is 0 Å². The van der Waals surface area contributed by atoms with E-state index in [-0.39, 0.29) is 17.5 Å². The lowest BCUT2D eigenvalue weighted by molar-refractivity contribution is 0.0737. The fourth-order valence-electron chi connectivity index (χ4n) is 4.35. The number of H-pyrrole nitrogens is 1. The Morgan fingerprint density at radius 1 is 1.17 bits per heavy atom. The molecule has 0 aliphatic carbocycles. The summed E-state index contributed by atoms with van der Waals surface area (Å²) in [4.78, 5) is 32.9. The van der Waals surface area contributed by atoms with Crippen LogP contribution in [0.15, 0.2) is 59.5 Å². The molecule has 0 spiro atoms. The van der Waals surface area contributed by atoms with Crippen molar-refractivity contribution in [2.45, 2.75) is 18.9 Å². The summed E-state index contributed by atoms with van der Waals surface area (Å²) in [6.45, 7) is 0.685. The SMILES string of the molecule is CN(C)c1cccc(C2CCCN2C(=O)c2cnn3c2[nH]c(=O)c2ccccc23)c1. The number of para-hydroxylation sites is 1. The normalized spacial score (nSPS) is 16.5. The van der Waals surface area contributed by atoms with Crippen LogP contribution in [0.3, 0.4) is 0 Å². The van der Waals surface area contributed by atoms with Crippen LogP contribution in [0.2, 0.25) is 0 Å². The van der Waals surface area contributed by atoms with Gasteiger partial charge < -0.3 is 14.8 Å². The molecule has 5 rings (SSSR count). The topological polar surface area (TPSA) is 73.7 Å². The van der Waals surface area contributed by atoms with Crippen molar-refractivity contribution in [1.82, 2.24) is 19.5 Å². The van der Waals surface area contributed by atoms with Gasteiger partial charge in [-0.15, -0.1) is 0 Å². The fourth-order valence-corrected chi connectivity index (χ4v) is 4.35. The summed E-state index contributed by atoms with van der Waals surface area (Å²) >= 11 is 0. The Bertz CT molecular complexity index is 1320. The molecule has 2 aromatic heterocycles. The Morgan fingerprint density at radius 3 is 2.83 bits per heavy atom. The van der Waals surface area contributed by atoms with Crippen LogP contribution >= 0.6 is 0 Å². The molecule has 1 amide bonds. The summed E-state index contributed by atoms with van der Waals surface area (Å²) in [6, 6.07) is 15.6. The zero-order valence-corrected chi connectivity index (χ0v) is 17.0. The highest BCUT2D eigenvalue weighted by molar-refractivity contribution is 6.01. The first kappa shape index (κ1) is 18.4. The largest absolute Gasteiger partial charge is 0.378 e. The number of carbonyl (C=O) groups excluding carboxylic acids is 1. The second-order valence-corrected chi connectivity index (χ2v) is 7.94. The van der Waals surface area contributed by atoms with Crippen molar-refractivity contribution in [3.8, 4) is 0 Å². The molecule has 1 fully saturated rings. The second-order valence-electron chi connectivity index (χ2n) is 7.94. The minimum Gasteiger partial charge on any atom is -0.378 e. The van der Waals surface area contributed by atoms with E-state index in [9.17, 15) is 9.59 Å². The molecule has 2 aromatic carbocycles. The van der Waals surface area contributed by atoms with Crippen molar-refractivity contribution in [2.75, 3.05) is 25.5 Å². The summed E-state index contributed by atoms with van der Waals surface area (Å²) in [5.41, 5.74) is 3.57. The molecular weight excluding hydrogens is 378 g/mol. The molecule has 152 valence electrons. The van der Waals surface area contributed by atoms with Crippen LogP contribution < -0.4 is 10.5 Å². The molecule has 0 radical (unpaired) electrons. The van der Waals surface area contributed by atoms with Crippen LogP contribution in [0.25, 0.3) is 16.6 Å². The number of aromatic nitrogens is 3. The molecule has 7 heteroatoms. The van der Waals surface area contributed by atoms with E-state index in [1.54, 1.807) is 16.8 Å². The van der Waals surface area contributed by atoms with Gasteiger partial charge in [-0.2, -0.15) is 5.10 Å². The predicted octanol–water partition coefficient (Wildman–Crippen LogP) is 3.22. The third-order valence-electron chi connectivity index (χ3n) is 5.89. The Labute approximate surface area is 173 Å². The fraction of sp³-hybridized carbons (Fsp3) is 0.261. The summed E-state index contributed by atoms with van der Waals surface area (Å²) in [7, 11) is 4.02. The number of anilines is 1. The Morgan fingerprint density at radius 2 is 2.00 bits per heavy atom. The number of amides is 1. The first-order valence-corrected chi connectivity index (χ1v) is 10.1. The van der Waals surface area contributed by atoms with Crippen molar-refractivity contribution < 1.29 is 4.79 Å². The second kappa shape index (κ2) is 7.02. The number of likely N-dealkylation sites (tertiary alicyclic amines) is 1. The molecule has 1 saturated heterocycles. The zero-order valence-electron chi connectivity index (χ0n) is 17.0. The van der Waals surface area contributed by atoms with Gasteiger partial charge in [-0.25, -0.2) is 4.52 Å². The van der Waals surface area contributed by atoms with E-state index in [0.29, 0.717) is 28.7 Å². The summed E-state index contributed by atoms with van der Waals surface area (Å²) in [5.74, 6) is -0.103. The van der Waals surface area contributed by atoms with E-state index in [2.05, 4.69) is 33.2 Å². The Kier molecular flexibility index (Phi) is 4.31. The van der Waals surface area contributed by atoms with Crippen LogP contribution in [0.1, 0.15) is 34.8 Å². The molecule has 1 aliphatic rings. The maximum absolute atomic E-state index is 13.5. The van der Waals surface area contributed by atoms with Gasteiger partial charge in [-0.1, -0.05) is 24.3 Å². The Balaban J connectivity index is 1.56. The lowest BCUT2D eigenvalue weighted by atomic mass is 10.0. The zero-order chi connectivity index (χ0) is 20.8. The monoisotopic (exact) mass is 401 g/mol. The van der Waals surface area contributed by atoms with Gasteiger partial charge >= 0.3 is 0 Å². The number of hydrogen-bond acceptors (Lipinski definition) is 4. The molecule has 4 aromatic rings. The standard InChI is InChI=1S/C23H23N5O2/c1-26(2)16-8-5-7-15(13-16)19-11-6-12-27(19)23(30)18-14-24-28-20-10-4-3-9-17(20)22(29)25-21(18)28/h3-5,7-10,13-14,19H,6,11-12H2,1-2H3,(H,25,29). The van der Waals surface area contributed by atoms with E-state index in [0.717, 1.165) is 24.1 Å². The molecule has 1 aliphatic heterocycles. The third kappa shape index (κ3) is 2.85. The van der Waals surface area contributed by atoms with E-state index in [1.165, 1.54) is 0 Å². The lowest BCUT2D eigenvalue weighted by Crippen LogP contribution is -2.31. The van der Waals surface area contributed by atoms with Crippen LogP contribution in [0.4, 0.5) is 5.69 Å². The first-order chi connectivity index (χ1) is 14.5. The molecule has 1 atom stereocenters. The highest BCUT2D eigenvalue weighted by Gasteiger charge is 2.32. The number of carbonyl (C=O) groups is 1. The molecule has 1 unspecified atom stereocenters. The summed E-state index contributed by atoms with van der Waals surface area (Å²) in [5, 5.41) is 4.96. The van der Waals surface area contributed by atoms with E-state index in [4.69, 9.17) is 0 Å². The molecule has 0 bridgehead atoms. The minimum atomic E-state index is -0.218. The number of benzene rings is 2. The Hall–Kier alpha value is -3.61. The maximum Gasteiger partial charge on any atom is 0.259 e. The maximum atomic E-state index is 13.5. The number of aromatic amines is 1. The van der Waals surface area contributed by atoms with Gasteiger partial charge in [0.15, 0.2) is 0 Å². The van der Waals surface area contributed by atoms with Crippen LogP contribution in [0, 0.1) is 0 Å². The lowest BCUT2D eigenvalue weighted by Gasteiger charge is -2.26. The summed E-state index contributed by atoms with van der Waals surface area (Å²) in [6.07, 6.45) is 3.42. The quantitative estimate of drug-likeness (QED) is 0.572. The molecule has 3 heterocycles. The van der Waals surface area contributed by atoms with Crippen molar-refractivity contribution >= 4 is 28.1 Å². The number of rotatable bonds is 3. The average Bonchev–Trinajstić information content (AvgIpc) is 3.41. The highest BCUT2D eigenvalue weighted by atomic mass is 16.2. The number of hydrogen-bond donors (Lipinski definition) is 1. The molecular formula is C23H23N5O2. The number of fused-ring (bicyclic) bond motifs is 3. The number of nitrogens with one attached hydrogen (secondary N) is 1. The van der Waals surface area contributed by atoms with Gasteiger partial charge in [0.05, 0.1) is 23.1 Å². The van der Waals surface area contributed by atoms with Crippen molar-refractivity contribution in [3.05, 3.63) is 76.2 Å². The van der Waals surface area contributed by atoms with E-state index < -0.39 is 0 Å². The highest BCUT2D eigenvalue weighted by Crippen LogP contribution is 2.35. The van der Waals surface area contributed by atoms with Crippen LogP contribution in [0.5, 0.6) is 0 Å². The van der Waals surface area contributed by atoms with Gasteiger partial charge in [-0.05, 0) is 42.7 Å². The third-order valence-corrected chi connectivity index (χ3v) is 5.89. The van der Waals surface area contributed by atoms with Crippen LogP contribution in [-0.4, -0.2) is 46.0 Å². The average molecular weight is 401 g/mol. The van der Waals surface area contributed by atoms with Gasteiger partial charge in [-0.3, -0.25) is 9.59 Å². The summed E-state index contributed by atoms with van der Waals surface area (Å²) < 4.78 is 1.64. The van der Waals surface area contributed by atoms with Crippen molar-refractivity contribution in [1.29, 1.82) is 0 Å². The molecule has 1 N–H and O–H groups in total.